The summed E-state index contributed by atoms with van der Waals surface area (Å²) >= 11 is 0. The van der Waals surface area contributed by atoms with Crippen molar-refractivity contribution in [2.75, 3.05) is 4.31 Å². The predicted molar refractivity (Wildman–Crippen MR) is 102 cm³/mol. The number of aromatic nitrogens is 2. The lowest BCUT2D eigenvalue weighted by molar-refractivity contribution is -0.0498. The van der Waals surface area contributed by atoms with Gasteiger partial charge in [-0.25, -0.2) is 17.2 Å². The van der Waals surface area contributed by atoms with Gasteiger partial charge in [0.15, 0.2) is 11.6 Å². The summed E-state index contributed by atoms with van der Waals surface area (Å²) < 4.78 is 85.7. The van der Waals surface area contributed by atoms with Gasteiger partial charge in [-0.15, -0.1) is 0 Å². The second-order valence-corrected chi connectivity index (χ2v) is 9.23. The number of halogens is 4. The number of hydrogen-bond donors (Lipinski definition) is 1. The van der Waals surface area contributed by atoms with Crippen LogP contribution in [0.3, 0.4) is 0 Å². The number of hydrogen-bond acceptors (Lipinski definition) is 4. The molecule has 162 valence electrons. The van der Waals surface area contributed by atoms with Crippen molar-refractivity contribution in [3.05, 3.63) is 59.8 Å². The van der Waals surface area contributed by atoms with Crippen LogP contribution in [0.25, 0.3) is 11.3 Å². The van der Waals surface area contributed by atoms with Gasteiger partial charge in [-0.3, -0.25) is 9.40 Å². The minimum absolute atomic E-state index is 0.0135. The van der Waals surface area contributed by atoms with Crippen LogP contribution in [0, 0.1) is 17.6 Å². The molecule has 2 heterocycles. The molecule has 0 bridgehead atoms. The van der Waals surface area contributed by atoms with Crippen molar-refractivity contribution in [1.82, 2.24) is 10.2 Å². The zero-order chi connectivity index (χ0) is 21.9. The molecule has 11 heteroatoms. The number of rotatable bonds is 5. The van der Waals surface area contributed by atoms with E-state index in [4.69, 9.17) is 0 Å². The molecule has 31 heavy (non-hydrogen) atoms. The molecule has 2 aromatic carbocycles. The molecule has 0 spiro atoms. The molecule has 1 fully saturated rings. The number of nitrogens with zero attached hydrogens (tertiary/aromatic N) is 2. The SMILES string of the molecule is O=S(=O)(c1ccc(OC(F)F)cc1)N1c2cc(F)c(F)cc2-c2[nH]ncc2C1C1CC1. The summed E-state index contributed by atoms with van der Waals surface area (Å²) in [4.78, 5) is -0.192. The molecule has 1 aliphatic heterocycles. The van der Waals surface area contributed by atoms with E-state index in [9.17, 15) is 26.0 Å². The summed E-state index contributed by atoms with van der Waals surface area (Å²) in [5.41, 5.74) is 1.17. The normalized spacial score (nSPS) is 18.1. The Morgan fingerprint density at radius 2 is 1.77 bits per heavy atom. The Labute approximate surface area is 174 Å². The number of nitrogens with one attached hydrogen (secondary N) is 1. The van der Waals surface area contributed by atoms with E-state index in [0.717, 1.165) is 53.5 Å². The van der Waals surface area contributed by atoms with E-state index in [1.807, 2.05) is 0 Å². The van der Waals surface area contributed by atoms with Crippen LogP contribution in [0.5, 0.6) is 5.75 Å². The molecule has 1 atom stereocenters. The first kappa shape index (κ1) is 19.9. The molecule has 2 aliphatic rings. The first-order valence-electron chi connectivity index (χ1n) is 9.39. The third kappa shape index (κ3) is 3.23. The molecule has 3 aromatic rings. The van der Waals surface area contributed by atoms with Crippen LogP contribution in [-0.4, -0.2) is 25.2 Å². The van der Waals surface area contributed by atoms with Gasteiger partial charge in [0.2, 0.25) is 0 Å². The van der Waals surface area contributed by atoms with Crippen LogP contribution in [0.1, 0.15) is 24.4 Å². The van der Waals surface area contributed by atoms with Crippen molar-refractivity contribution in [1.29, 1.82) is 0 Å². The lowest BCUT2D eigenvalue weighted by Crippen LogP contribution is -2.38. The Hall–Kier alpha value is -3.08. The maximum Gasteiger partial charge on any atom is 0.387 e. The van der Waals surface area contributed by atoms with Crippen LogP contribution in [0.2, 0.25) is 0 Å². The summed E-state index contributed by atoms with van der Waals surface area (Å²) in [6.45, 7) is -3.05. The summed E-state index contributed by atoms with van der Waals surface area (Å²) in [5.74, 6) is -2.52. The number of anilines is 1. The summed E-state index contributed by atoms with van der Waals surface area (Å²) in [5, 5.41) is 6.76. The molecule has 1 saturated carbocycles. The van der Waals surface area contributed by atoms with E-state index in [1.165, 1.54) is 6.20 Å². The van der Waals surface area contributed by atoms with Crippen molar-refractivity contribution in [3.8, 4) is 17.0 Å². The maximum atomic E-state index is 14.2. The Kier molecular flexibility index (Phi) is 4.47. The van der Waals surface area contributed by atoms with E-state index in [-0.39, 0.29) is 27.8 Å². The van der Waals surface area contributed by atoms with Crippen LogP contribution in [-0.2, 0) is 10.0 Å². The first-order chi connectivity index (χ1) is 14.8. The smallest absolute Gasteiger partial charge is 0.387 e. The zero-order valence-electron chi connectivity index (χ0n) is 15.7. The first-order valence-corrected chi connectivity index (χ1v) is 10.8. The molecule has 1 aromatic heterocycles. The molecule has 0 radical (unpaired) electrons. The van der Waals surface area contributed by atoms with Crippen LogP contribution in [0.15, 0.2) is 47.5 Å². The van der Waals surface area contributed by atoms with Gasteiger partial charge in [-0.1, -0.05) is 0 Å². The second kappa shape index (κ2) is 6.98. The quantitative estimate of drug-likeness (QED) is 0.573. The fourth-order valence-electron chi connectivity index (χ4n) is 3.97. The lowest BCUT2D eigenvalue weighted by atomic mass is 9.93. The van der Waals surface area contributed by atoms with Gasteiger partial charge in [0.1, 0.15) is 5.75 Å². The third-order valence-corrected chi connectivity index (χ3v) is 7.27. The number of ether oxygens (including phenoxy) is 1. The van der Waals surface area contributed by atoms with Crippen LogP contribution < -0.4 is 9.04 Å². The highest BCUT2D eigenvalue weighted by atomic mass is 32.2. The van der Waals surface area contributed by atoms with E-state index < -0.39 is 34.3 Å². The highest BCUT2D eigenvalue weighted by Crippen LogP contribution is 2.55. The molecular weight excluding hydrogens is 438 g/mol. The number of alkyl halides is 2. The summed E-state index contributed by atoms with van der Waals surface area (Å²) in [6, 6.07) is 5.65. The minimum atomic E-state index is -4.27. The highest BCUT2D eigenvalue weighted by molar-refractivity contribution is 7.92. The van der Waals surface area contributed by atoms with E-state index >= 15 is 0 Å². The molecule has 6 nitrogen and oxygen atoms in total. The van der Waals surface area contributed by atoms with E-state index in [2.05, 4.69) is 14.9 Å². The van der Waals surface area contributed by atoms with Crippen molar-refractivity contribution in [2.24, 2.45) is 5.92 Å². The van der Waals surface area contributed by atoms with Gasteiger partial charge in [-0.2, -0.15) is 13.9 Å². The monoisotopic (exact) mass is 453 g/mol. The Morgan fingerprint density at radius 3 is 2.42 bits per heavy atom. The largest absolute Gasteiger partial charge is 0.435 e. The predicted octanol–water partition coefficient (Wildman–Crippen LogP) is 4.62. The zero-order valence-corrected chi connectivity index (χ0v) is 16.5. The average molecular weight is 453 g/mol. The number of aromatic amines is 1. The van der Waals surface area contributed by atoms with Crippen LogP contribution >= 0.6 is 0 Å². The Balaban J connectivity index is 1.67. The maximum absolute atomic E-state index is 14.2. The van der Waals surface area contributed by atoms with Gasteiger partial charge in [-0.05, 0) is 49.1 Å². The molecule has 0 saturated heterocycles. The fourth-order valence-corrected chi connectivity index (χ4v) is 5.68. The lowest BCUT2D eigenvalue weighted by Gasteiger charge is -2.37. The van der Waals surface area contributed by atoms with Crippen molar-refractivity contribution in [2.45, 2.75) is 30.4 Å². The standard InChI is InChI=1S/C20H15F4N3O3S/c21-15-7-13-17(8-16(15)22)27(19(10-1-2-10)14-9-25-26-18(13)14)31(28,29)12-5-3-11(4-6-12)30-20(23)24/h3-10,19-20H,1-2H2,(H,25,26). The molecule has 0 amide bonds. The molecule has 1 N–H and O–H groups in total. The van der Waals surface area contributed by atoms with Gasteiger partial charge in [0, 0.05) is 17.2 Å². The van der Waals surface area contributed by atoms with Gasteiger partial charge < -0.3 is 4.74 Å². The van der Waals surface area contributed by atoms with Crippen molar-refractivity contribution in [3.63, 3.8) is 0 Å². The van der Waals surface area contributed by atoms with Crippen molar-refractivity contribution < 1.29 is 30.7 Å². The number of fused-ring (bicyclic) bond motifs is 3. The van der Waals surface area contributed by atoms with E-state index in [0.29, 0.717) is 11.3 Å². The highest BCUT2D eigenvalue weighted by Gasteiger charge is 2.47. The fraction of sp³-hybridized carbons (Fsp3) is 0.250. The second-order valence-electron chi connectivity index (χ2n) is 7.42. The molecule has 1 aliphatic carbocycles. The molecule has 1 unspecified atom stereocenters. The average Bonchev–Trinajstić information content (AvgIpc) is 3.43. The third-order valence-electron chi connectivity index (χ3n) is 5.46. The minimum Gasteiger partial charge on any atom is -0.435 e. The van der Waals surface area contributed by atoms with Crippen molar-refractivity contribution >= 4 is 15.7 Å². The summed E-state index contributed by atoms with van der Waals surface area (Å²) in [6.07, 6.45) is 3.02. The molecule has 5 rings (SSSR count). The Morgan fingerprint density at radius 1 is 1.10 bits per heavy atom. The summed E-state index contributed by atoms with van der Waals surface area (Å²) in [7, 11) is -4.27. The van der Waals surface area contributed by atoms with Gasteiger partial charge >= 0.3 is 6.61 Å². The molecular formula is C20H15F4N3O3S. The number of benzene rings is 2. The number of H-pyrrole nitrogens is 1. The number of sulfonamides is 1. The Bertz CT molecular complexity index is 1260. The van der Waals surface area contributed by atoms with Gasteiger partial charge in [0.05, 0.1) is 28.5 Å². The van der Waals surface area contributed by atoms with Crippen LogP contribution in [0.4, 0.5) is 23.2 Å². The topological polar surface area (TPSA) is 75.3 Å². The van der Waals surface area contributed by atoms with Gasteiger partial charge in [0.25, 0.3) is 10.0 Å². The van der Waals surface area contributed by atoms with E-state index in [1.54, 1.807) is 0 Å².